The van der Waals surface area contributed by atoms with Crippen LogP contribution in [0.3, 0.4) is 0 Å². The Balaban J connectivity index is 1.48. The van der Waals surface area contributed by atoms with Gasteiger partial charge in [-0.2, -0.15) is 0 Å². The third kappa shape index (κ3) is 3.27. The van der Waals surface area contributed by atoms with Gasteiger partial charge in [-0.3, -0.25) is 0 Å². The van der Waals surface area contributed by atoms with Gasteiger partial charge in [-0.15, -0.1) is 0 Å². The summed E-state index contributed by atoms with van der Waals surface area (Å²) in [5.41, 5.74) is 1.35. The van der Waals surface area contributed by atoms with Gasteiger partial charge in [0, 0.05) is 0 Å². The molecule has 0 unspecified atom stereocenters. The molecule has 0 bridgehead atoms. The van der Waals surface area contributed by atoms with Crippen molar-refractivity contribution in [2.75, 3.05) is 25.1 Å². The minimum atomic E-state index is -0.347. The average molecular weight is 354 g/mol. The van der Waals surface area contributed by atoms with Crippen LogP contribution in [0.1, 0.15) is 25.3 Å². The predicted octanol–water partition coefficient (Wildman–Crippen LogP) is 3.67. The minimum Gasteiger partial charge on any atom is -0.492 e. The second kappa shape index (κ2) is 6.78. The van der Waals surface area contributed by atoms with E-state index in [4.69, 9.17) is 14.2 Å². The van der Waals surface area contributed by atoms with Gasteiger partial charge >= 0.3 is 6.03 Å². The highest BCUT2D eigenvalue weighted by Crippen LogP contribution is 2.48. The molecule has 2 amide bonds. The fraction of sp³-hybridized carbons (Fsp3) is 0.350. The zero-order chi connectivity index (χ0) is 18.0. The summed E-state index contributed by atoms with van der Waals surface area (Å²) in [6.07, 6.45) is 1.79. The SMILES string of the molecule is CCOc1ccccc1NC(=O)NC1(c2ccc3c(c2)OCCO3)CC1. The number of para-hydroxylation sites is 2. The second-order valence-electron chi connectivity index (χ2n) is 6.45. The fourth-order valence-electron chi connectivity index (χ4n) is 3.17. The molecule has 0 radical (unpaired) electrons. The van der Waals surface area contributed by atoms with Crippen molar-refractivity contribution in [3.63, 3.8) is 0 Å². The van der Waals surface area contributed by atoms with E-state index in [1.54, 1.807) is 0 Å². The summed E-state index contributed by atoms with van der Waals surface area (Å²) in [6, 6.07) is 13.0. The summed E-state index contributed by atoms with van der Waals surface area (Å²) < 4.78 is 16.8. The van der Waals surface area contributed by atoms with E-state index in [1.807, 2.05) is 49.4 Å². The Morgan fingerprint density at radius 2 is 1.88 bits per heavy atom. The van der Waals surface area contributed by atoms with Gasteiger partial charge in [0.2, 0.25) is 0 Å². The van der Waals surface area contributed by atoms with Crippen LogP contribution in [0.25, 0.3) is 0 Å². The topological polar surface area (TPSA) is 68.8 Å². The second-order valence-corrected chi connectivity index (χ2v) is 6.45. The van der Waals surface area contributed by atoms with Gasteiger partial charge in [0.15, 0.2) is 11.5 Å². The number of urea groups is 1. The predicted molar refractivity (Wildman–Crippen MR) is 98.1 cm³/mol. The van der Waals surface area contributed by atoms with E-state index in [-0.39, 0.29) is 11.6 Å². The van der Waals surface area contributed by atoms with Gasteiger partial charge in [-0.1, -0.05) is 18.2 Å². The Morgan fingerprint density at radius 3 is 2.65 bits per heavy atom. The molecule has 6 heteroatoms. The van der Waals surface area contributed by atoms with Crippen LogP contribution >= 0.6 is 0 Å². The number of nitrogens with one attached hydrogen (secondary N) is 2. The molecular weight excluding hydrogens is 332 g/mol. The van der Waals surface area contributed by atoms with E-state index < -0.39 is 0 Å². The molecule has 2 N–H and O–H groups in total. The Labute approximate surface area is 152 Å². The highest BCUT2D eigenvalue weighted by atomic mass is 16.6. The molecule has 1 aliphatic heterocycles. The molecule has 1 saturated carbocycles. The summed E-state index contributed by atoms with van der Waals surface area (Å²) in [4.78, 5) is 12.6. The van der Waals surface area contributed by atoms with E-state index >= 15 is 0 Å². The third-order valence-electron chi connectivity index (χ3n) is 4.63. The van der Waals surface area contributed by atoms with Gasteiger partial charge in [-0.05, 0) is 49.6 Å². The number of benzene rings is 2. The Bertz CT molecular complexity index is 817. The van der Waals surface area contributed by atoms with E-state index in [0.717, 1.165) is 29.9 Å². The molecule has 1 fully saturated rings. The molecule has 0 saturated heterocycles. The molecule has 0 aromatic heterocycles. The van der Waals surface area contributed by atoms with Crippen molar-refractivity contribution in [1.82, 2.24) is 5.32 Å². The van der Waals surface area contributed by atoms with Crippen molar-refractivity contribution >= 4 is 11.7 Å². The molecule has 2 aromatic rings. The minimum absolute atomic E-state index is 0.246. The van der Waals surface area contributed by atoms with Crippen molar-refractivity contribution in [2.24, 2.45) is 0 Å². The smallest absolute Gasteiger partial charge is 0.320 e. The number of hydrogen-bond donors (Lipinski definition) is 2. The van der Waals surface area contributed by atoms with Gasteiger partial charge in [0.05, 0.1) is 17.8 Å². The summed E-state index contributed by atoms with van der Waals surface area (Å²) in [7, 11) is 0. The number of rotatable bonds is 5. The van der Waals surface area contributed by atoms with Gasteiger partial charge < -0.3 is 24.8 Å². The highest BCUT2D eigenvalue weighted by Gasteiger charge is 2.46. The average Bonchev–Trinajstić information content (AvgIpc) is 3.43. The fourth-order valence-corrected chi connectivity index (χ4v) is 3.17. The van der Waals surface area contributed by atoms with E-state index in [0.29, 0.717) is 31.3 Å². The Kier molecular flexibility index (Phi) is 4.32. The van der Waals surface area contributed by atoms with Crippen molar-refractivity contribution in [3.8, 4) is 17.2 Å². The molecule has 6 nitrogen and oxygen atoms in total. The highest BCUT2D eigenvalue weighted by molar-refractivity contribution is 5.91. The first-order valence-corrected chi connectivity index (χ1v) is 8.91. The number of carbonyl (C=O) groups excluding carboxylic acids is 1. The van der Waals surface area contributed by atoms with Crippen LogP contribution in [-0.4, -0.2) is 25.9 Å². The maximum Gasteiger partial charge on any atom is 0.320 e. The monoisotopic (exact) mass is 354 g/mol. The van der Waals surface area contributed by atoms with Crippen molar-refractivity contribution in [1.29, 1.82) is 0 Å². The van der Waals surface area contributed by atoms with Gasteiger partial charge in [-0.25, -0.2) is 4.79 Å². The Morgan fingerprint density at radius 1 is 1.12 bits per heavy atom. The molecule has 2 aliphatic rings. The molecule has 0 atom stereocenters. The zero-order valence-electron chi connectivity index (χ0n) is 14.7. The van der Waals surface area contributed by atoms with Crippen LogP contribution in [-0.2, 0) is 5.54 Å². The quantitative estimate of drug-likeness (QED) is 0.860. The summed E-state index contributed by atoms with van der Waals surface area (Å²) in [6.45, 7) is 3.57. The van der Waals surface area contributed by atoms with Crippen LogP contribution in [0, 0.1) is 0 Å². The van der Waals surface area contributed by atoms with Crippen LogP contribution < -0.4 is 24.8 Å². The molecule has 136 valence electrons. The van der Waals surface area contributed by atoms with Gasteiger partial charge in [0.1, 0.15) is 19.0 Å². The van der Waals surface area contributed by atoms with Crippen LogP contribution in [0.4, 0.5) is 10.5 Å². The summed E-state index contributed by atoms with van der Waals surface area (Å²) >= 11 is 0. The standard InChI is InChI=1S/C20H22N2O4/c1-2-24-16-6-4-3-5-15(16)21-19(23)22-20(9-10-20)14-7-8-17-18(13-14)26-12-11-25-17/h3-8,13H,2,9-12H2,1H3,(H2,21,22,23). The third-order valence-corrected chi connectivity index (χ3v) is 4.63. The van der Waals surface area contributed by atoms with E-state index in [2.05, 4.69) is 10.6 Å². The van der Waals surface area contributed by atoms with E-state index in [9.17, 15) is 4.79 Å². The number of anilines is 1. The number of fused-ring (bicyclic) bond motifs is 1. The van der Waals surface area contributed by atoms with Crippen LogP contribution in [0.15, 0.2) is 42.5 Å². The maximum absolute atomic E-state index is 12.6. The normalized spacial score (nSPS) is 16.5. The van der Waals surface area contributed by atoms with Crippen molar-refractivity contribution in [2.45, 2.75) is 25.3 Å². The maximum atomic E-state index is 12.6. The first-order valence-electron chi connectivity index (χ1n) is 8.91. The first kappa shape index (κ1) is 16.6. The van der Waals surface area contributed by atoms with Crippen LogP contribution in [0.2, 0.25) is 0 Å². The molecule has 1 aliphatic carbocycles. The lowest BCUT2D eigenvalue weighted by molar-refractivity contribution is 0.171. The zero-order valence-corrected chi connectivity index (χ0v) is 14.7. The lowest BCUT2D eigenvalue weighted by Crippen LogP contribution is -2.38. The number of ether oxygens (including phenoxy) is 3. The first-order chi connectivity index (χ1) is 12.7. The van der Waals surface area contributed by atoms with Crippen molar-refractivity contribution < 1.29 is 19.0 Å². The number of carbonyl (C=O) groups is 1. The molecule has 1 heterocycles. The number of hydrogen-bond acceptors (Lipinski definition) is 4. The summed E-state index contributed by atoms with van der Waals surface area (Å²) in [5.74, 6) is 2.16. The lowest BCUT2D eigenvalue weighted by atomic mass is 10.0. The molecular formula is C20H22N2O4. The lowest BCUT2D eigenvalue weighted by Gasteiger charge is -2.23. The summed E-state index contributed by atoms with van der Waals surface area (Å²) in [5, 5.41) is 6.00. The molecule has 26 heavy (non-hydrogen) atoms. The molecule has 2 aromatic carbocycles. The largest absolute Gasteiger partial charge is 0.492 e. The molecule has 4 rings (SSSR count). The van der Waals surface area contributed by atoms with E-state index in [1.165, 1.54) is 0 Å². The molecule has 0 spiro atoms. The van der Waals surface area contributed by atoms with Crippen molar-refractivity contribution in [3.05, 3.63) is 48.0 Å². The van der Waals surface area contributed by atoms with Crippen LogP contribution in [0.5, 0.6) is 17.2 Å². The number of amides is 2. The van der Waals surface area contributed by atoms with Gasteiger partial charge in [0.25, 0.3) is 0 Å². The Hall–Kier alpha value is -2.89.